The monoisotopic (exact) mass is 385 g/mol. The van der Waals surface area contributed by atoms with Crippen LogP contribution in [0, 0.1) is 6.92 Å². The van der Waals surface area contributed by atoms with Crippen LogP contribution in [0.3, 0.4) is 0 Å². The molecule has 3 rings (SSSR count). The Morgan fingerprint density at radius 2 is 1.77 bits per heavy atom. The molecule has 0 saturated carbocycles. The quantitative estimate of drug-likeness (QED) is 0.866. The third-order valence-electron chi connectivity index (χ3n) is 4.20. The molecular weight excluding hydrogens is 367 g/mol. The Morgan fingerprint density at radius 1 is 1.08 bits per heavy atom. The first-order valence-electron chi connectivity index (χ1n) is 8.15. The lowest BCUT2D eigenvalue weighted by Crippen LogP contribution is -2.44. The van der Waals surface area contributed by atoms with Crippen molar-refractivity contribution >= 4 is 29.1 Å². The average molecular weight is 386 g/mol. The number of alkyl halides is 3. The van der Waals surface area contributed by atoms with E-state index in [2.05, 4.69) is 32.1 Å². The van der Waals surface area contributed by atoms with Crippen LogP contribution in [0.25, 0.3) is 0 Å². The average Bonchev–Trinajstić information content (AvgIpc) is 2.56. The molecule has 1 aromatic heterocycles. The summed E-state index contributed by atoms with van der Waals surface area (Å²) in [5.74, 6) is 1.02. The Kier molecular flexibility index (Phi) is 5.24. The summed E-state index contributed by atoms with van der Waals surface area (Å²) in [5, 5.41) is 2.51. The molecule has 1 saturated heterocycles. The number of halogens is 4. The standard InChI is InChI=1S/C17H19ClF3N5/c1-11-9-15(26-7-5-25(2)6-8-26)24-16(22-11)23-12-3-4-14(18)13(10-12)17(19,20)21/h3-4,9-10H,5-8H2,1-2H3,(H,22,23,24). The van der Waals surface area contributed by atoms with Crippen LogP contribution in [0.1, 0.15) is 11.3 Å². The first-order valence-corrected chi connectivity index (χ1v) is 8.53. The number of benzene rings is 1. The second kappa shape index (κ2) is 7.28. The van der Waals surface area contributed by atoms with Crippen molar-refractivity contribution in [2.75, 3.05) is 43.4 Å². The summed E-state index contributed by atoms with van der Waals surface area (Å²) < 4.78 is 39.0. The Balaban J connectivity index is 1.84. The zero-order valence-electron chi connectivity index (χ0n) is 14.4. The molecule has 0 unspecified atom stereocenters. The van der Waals surface area contributed by atoms with Crippen molar-refractivity contribution in [3.8, 4) is 0 Å². The highest BCUT2D eigenvalue weighted by atomic mass is 35.5. The Morgan fingerprint density at radius 3 is 2.42 bits per heavy atom. The van der Waals surface area contributed by atoms with E-state index in [1.807, 2.05) is 13.0 Å². The number of piperazine rings is 1. The van der Waals surface area contributed by atoms with E-state index in [4.69, 9.17) is 11.6 Å². The van der Waals surface area contributed by atoms with Crippen LogP contribution in [0.15, 0.2) is 24.3 Å². The van der Waals surface area contributed by atoms with E-state index in [0.29, 0.717) is 0 Å². The third kappa shape index (κ3) is 4.37. The van der Waals surface area contributed by atoms with Crippen LogP contribution < -0.4 is 10.2 Å². The fourth-order valence-electron chi connectivity index (χ4n) is 2.75. The van der Waals surface area contributed by atoms with Crippen molar-refractivity contribution in [3.05, 3.63) is 40.5 Å². The second-order valence-electron chi connectivity index (χ2n) is 6.30. The maximum absolute atomic E-state index is 13.0. The molecule has 1 aliphatic rings. The summed E-state index contributed by atoms with van der Waals surface area (Å²) in [5.41, 5.74) is 0.0780. The molecule has 0 radical (unpaired) electrons. The molecule has 1 aromatic carbocycles. The molecule has 1 fully saturated rings. The van der Waals surface area contributed by atoms with Crippen molar-refractivity contribution in [3.63, 3.8) is 0 Å². The van der Waals surface area contributed by atoms with Crippen LogP contribution in [0.2, 0.25) is 5.02 Å². The largest absolute Gasteiger partial charge is 0.417 e. The van der Waals surface area contributed by atoms with Gasteiger partial charge in [-0.15, -0.1) is 0 Å². The van der Waals surface area contributed by atoms with E-state index in [0.717, 1.165) is 43.8 Å². The molecule has 2 heterocycles. The van der Waals surface area contributed by atoms with Gasteiger partial charge in [0.25, 0.3) is 0 Å². The smallest absolute Gasteiger partial charge is 0.354 e. The van der Waals surface area contributed by atoms with Crippen molar-refractivity contribution in [2.45, 2.75) is 13.1 Å². The molecule has 140 valence electrons. The summed E-state index contributed by atoms with van der Waals surface area (Å²) >= 11 is 5.66. The van der Waals surface area contributed by atoms with E-state index >= 15 is 0 Å². The van der Waals surface area contributed by atoms with Crippen LogP contribution in [-0.2, 0) is 6.18 Å². The van der Waals surface area contributed by atoms with E-state index < -0.39 is 11.7 Å². The highest BCUT2D eigenvalue weighted by molar-refractivity contribution is 6.31. The van der Waals surface area contributed by atoms with Gasteiger partial charge in [-0.1, -0.05) is 11.6 Å². The van der Waals surface area contributed by atoms with Gasteiger partial charge in [0.05, 0.1) is 10.6 Å². The number of nitrogens with zero attached hydrogens (tertiary/aromatic N) is 4. The van der Waals surface area contributed by atoms with Crippen molar-refractivity contribution in [1.82, 2.24) is 14.9 Å². The first-order chi connectivity index (χ1) is 12.2. The van der Waals surface area contributed by atoms with E-state index in [1.165, 1.54) is 12.1 Å². The van der Waals surface area contributed by atoms with Gasteiger partial charge in [0, 0.05) is 43.6 Å². The lowest BCUT2D eigenvalue weighted by Gasteiger charge is -2.33. The summed E-state index contributed by atoms with van der Waals surface area (Å²) in [4.78, 5) is 13.1. The maximum Gasteiger partial charge on any atom is 0.417 e. The molecule has 26 heavy (non-hydrogen) atoms. The number of hydrogen-bond acceptors (Lipinski definition) is 5. The minimum absolute atomic E-state index is 0.233. The van der Waals surface area contributed by atoms with Crippen LogP contribution in [-0.4, -0.2) is 48.1 Å². The van der Waals surface area contributed by atoms with Crippen LogP contribution in [0.4, 0.5) is 30.6 Å². The molecule has 0 spiro atoms. The lowest BCUT2D eigenvalue weighted by atomic mass is 10.2. The Hall–Kier alpha value is -2.06. The SMILES string of the molecule is Cc1cc(N2CCN(C)CC2)nc(Nc2ccc(Cl)c(C(F)(F)F)c2)n1. The van der Waals surface area contributed by atoms with E-state index in [1.54, 1.807) is 0 Å². The molecule has 1 N–H and O–H groups in total. The Labute approximate surface area is 154 Å². The zero-order valence-corrected chi connectivity index (χ0v) is 15.2. The van der Waals surface area contributed by atoms with Gasteiger partial charge in [0.2, 0.25) is 5.95 Å². The van der Waals surface area contributed by atoms with Crippen molar-refractivity contribution < 1.29 is 13.2 Å². The number of likely N-dealkylation sites (N-methyl/N-ethyl adjacent to an activating group) is 1. The fraction of sp³-hybridized carbons (Fsp3) is 0.412. The highest BCUT2D eigenvalue weighted by Crippen LogP contribution is 2.36. The molecule has 2 aromatic rings. The predicted molar refractivity (Wildman–Crippen MR) is 96.2 cm³/mol. The maximum atomic E-state index is 13.0. The Bertz CT molecular complexity index is 788. The molecule has 0 bridgehead atoms. The summed E-state index contributed by atoms with van der Waals surface area (Å²) in [7, 11) is 2.06. The molecule has 0 atom stereocenters. The summed E-state index contributed by atoms with van der Waals surface area (Å²) in [6.07, 6.45) is -4.52. The second-order valence-corrected chi connectivity index (χ2v) is 6.71. The van der Waals surface area contributed by atoms with Gasteiger partial charge in [0.1, 0.15) is 5.82 Å². The van der Waals surface area contributed by atoms with Gasteiger partial charge >= 0.3 is 6.18 Å². The number of aromatic nitrogens is 2. The topological polar surface area (TPSA) is 44.3 Å². The number of aryl methyl sites for hydroxylation is 1. The van der Waals surface area contributed by atoms with Gasteiger partial charge in [0.15, 0.2) is 0 Å². The van der Waals surface area contributed by atoms with Crippen molar-refractivity contribution in [1.29, 1.82) is 0 Å². The zero-order chi connectivity index (χ0) is 18.9. The molecule has 9 heteroatoms. The van der Waals surface area contributed by atoms with Crippen LogP contribution >= 0.6 is 11.6 Å². The van der Waals surface area contributed by atoms with Gasteiger partial charge in [-0.3, -0.25) is 0 Å². The molecule has 5 nitrogen and oxygen atoms in total. The summed E-state index contributed by atoms with van der Waals surface area (Å²) in [6, 6.07) is 5.52. The fourth-order valence-corrected chi connectivity index (χ4v) is 2.98. The number of rotatable bonds is 3. The van der Waals surface area contributed by atoms with Gasteiger partial charge < -0.3 is 15.1 Å². The normalized spacial score (nSPS) is 16.0. The minimum atomic E-state index is -4.52. The number of hydrogen-bond donors (Lipinski definition) is 1. The molecule has 0 aliphatic carbocycles. The number of anilines is 3. The van der Waals surface area contributed by atoms with Gasteiger partial charge in [-0.2, -0.15) is 18.2 Å². The molecule has 0 amide bonds. The molecule has 1 aliphatic heterocycles. The third-order valence-corrected chi connectivity index (χ3v) is 4.53. The van der Waals surface area contributed by atoms with Crippen LogP contribution in [0.5, 0.6) is 0 Å². The highest BCUT2D eigenvalue weighted by Gasteiger charge is 2.33. The number of nitrogens with one attached hydrogen (secondary N) is 1. The first kappa shape index (κ1) is 18.7. The van der Waals surface area contributed by atoms with Crippen molar-refractivity contribution in [2.24, 2.45) is 0 Å². The lowest BCUT2D eigenvalue weighted by molar-refractivity contribution is -0.137. The summed E-state index contributed by atoms with van der Waals surface area (Å²) in [6.45, 7) is 5.36. The van der Waals surface area contributed by atoms with Gasteiger partial charge in [-0.25, -0.2) is 4.98 Å². The van der Waals surface area contributed by atoms with Gasteiger partial charge in [-0.05, 0) is 32.2 Å². The predicted octanol–water partition coefficient (Wildman–Crippen LogP) is 3.95. The van der Waals surface area contributed by atoms with E-state index in [-0.39, 0.29) is 16.7 Å². The minimum Gasteiger partial charge on any atom is -0.354 e. The molecular formula is C17H19ClF3N5. The van der Waals surface area contributed by atoms with E-state index in [9.17, 15) is 13.2 Å².